The van der Waals surface area contributed by atoms with Crippen molar-refractivity contribution in [1.29, 1.82) is 0 Å². The first-order chi connectivity index (χ1) is 6.66. The number of carbonyl (C=O) groups excluding carboxylic acids is 1. The molecule has 72 valence electrons. The Morgan fingerprint density at radius 2 is 2.29 bits per heavy atom. The topological polar surface area (TPSA) is 34.9 Å². The van der Waals surface area contributed by atoms with Crippen molar-refractivity contribution in [2.75, 3.05) is 0 Å². The van der Waals surface area contributed by atoms with Gasteiger partial charge in [0.25, 0.3) is 0 Å². The van der Waals surface area contributed by atoms with E-state index in [2.05, 4.69) is 21.0 Å². The molecular weight excluding hydrogens is 334 g/mol. The predicted molar refractivity (Wildman–Crippen MR) is 58.4 cm³/mol. The average Bonchev–Trinajstić information content (AvgIpc) is 2.70. The normalized spacial score (nSPS) is 10.4. The average molecular weight is 338 g/mol. The molecule has 14 heavy (non-hydrogen) atoms. The Balaban J connectivity index is 2.38. The third-order valence-electron chi connectivity index (χ3n) is 1.58. The Labute approximate surface area is 99.6 Å². The van der Waals surface area contributed by atoms with E-state index >= 15 is 0 Å². The molecule has 6 heteroatoms. The van der Waals surface area contributed by atoms with E-state index in [4.69, 9.17) is 11.6 Å². The minimum atomic E-state index is -0.526. The molecule has 3 nitrogen and oxygen atoms in total. The molecule has 0 aliphatic carbocycles. The van der Waals surface area contributed by atoms with Crippen LogP contribution in [-0.2, 0) is 0 Å². The molecule has 0 aliphatic heterocycles. The van der Waals surface area contributed by atoms with Crippen LogP contribution in [-0.4, -0.2) is 29.5 Å². The zero-order valence-electron chi connectivity index (χ0n) is 6.78. The van der Waals surface area contributed by atoms with Crippen molar-refractivity contribution in [3.8, 4) is 4.56 Å². The molecule has 0 spiro atoms. The Bertz CT molecular complexity index is 479. The Hall–Kier alpha value is -0.351. The molecule has 0 saturated heterocycles. The van der Waals surface area contributed by atoms with Crippen LogP contribution in [0.5, 0.6) is 0 Å². The Morgan fingerprint density at radius 3 is 2.79 bits per heavy atom. The van der Waals surface area contributed by atoms with Crippen LogP contribution in [0.25, 0.3) is 4.56 Å². The van der Waals surface area contributed by atoms with Gasteiger partial charge in [-0.25, -0.2) is 0 Å². The molecule has 0 bridgehead atoms. The van der Waals surface area contributed by atoms with Crippen molar-refractivity contribution < 1.29 is 4.79 Å². The molecule has 0 fully saturated rings. The summed E-state index contributed by atoms with van der Waals surface area (Å²) in [5, 5.41) is 3.53. The fourth-order valence-corrected chi connectivity index (χ4v) is 3.47. The number of rotatable bonds is 2. The first kappa shape index (κ1) is 10.2. The quantitative estimate of drug-likeness (QED) is 0.621. The number of hydrogen-bond donors (Lipinski definition) is 0. The van der Waals surface area contributed by atoms with Gasteiger partial charge in [0.05, 0.1) is 0 Å². The molecule has 0 aliphatic rings. The van der Waals surface area contributed by atoms with Gasteiger partial charge in [-0.2, -0.15) is 0 Å². The van der Waals surface area contributed by atoms with E-state index < -0.39 is 5.24 Å². The molecule has 0 saturated carbocycles. The summed E-state index contributed by atoms with van der Waals surface area (Å²) in [5.41, 5.74) is 0.284. The van der Waals surface area contributed by atoms with Gasteiger partial charge in [-0.05, 0) is 0 Å². The molecule has 0 N–H and O–H groups in total. The summed E-state index contributed by atoms with van der Waals surface area (Å²) in [5.74, 6) is 0. The molecule has 0 radical (unpaired) electrons. The van der Waals surface area contributed by atoms with Crippen LogP contribution >= 0.6 is 27.5 Å². The summed E-state index contributed by atoms with van der Waals surface area (Å²) in [4.78, 5) is 10.8. The predicted octanol–water partition coefficient (Wildman–Crippen LogP) is 2.07. The first-order valence-electron chi connectivity index (χ1n) is 3.68. The van der Waals surface area contributed by atoms with Crippen LogP contribution < -0.4 is 0 Å². The monoisotopic (exact) mass is 338 g/mol. The second-order valence-corrected chi connectivity index (χ2v) is 7.10. The van der Waals surface area contributed by atoms with Crippen molar-refractivity contribution in [1.82, 2.24) is 9.78 Å². The SMILES string of the molecule is O=C(Cl)c1ccn(-c2ccc(Br)[se]2)n1. The molecule has 2 heterocycles. The van der Waals surface area contributed by atoms with Crippen molar-refractivity contribution in [2.24, 2.45) is 0 Å². The van der Waals surface area contributed by atoms with Crippen LogP contribution in [0.15, 0.2) is 27.7 Å². The van der Waals surface area contributed by atoms with Crippen molar-refractivity contribution in [3.63, 3.8) is 0 Å². The van der Waals surface area contributed by atoms with Gasteiger partial charge in [0.1, 0.15) is 0 Å². The van der Waals surface area contributed by atoms with Crippen molar-refractivity contribution in [3.05, 3.63) is 33.4 Å². The summed E-state index contributed by atoms with van der Waals surface area (Å²) < 4.78 is 3.92. The molecule has 2 rings (SSSR count). The fraction of sp³-hybridized carbons (Fsp3) is 0. The van der Waals surface area contributed by atoms with Crippen molar-refractivity contribution >= 4 is 47.3 Å². The van der Waals surface area contributed by atoms with E-state index in [1.54, 1.807) is 16.9 Å². The maximum absolute atomic E-state index is 10.8. The molecular formula is C8H4BrClN2OSe. The molecule has 2 aromatic heterocycles. The van der Waals surface area contributed by atoms with Crippen LogP contribution in [0.1, 0.15) is 10.5 Å². The van der Waals surface area contributed by atoms with E-state index in [1.165, 1.54) is 0 Å². The third kappa shape index (κ3) is 2.01. The zero-order valence-corrected chi connectivity index (χ0v) is 10.8. The van der Waals surface area contributed by atoms with E-state index in [-0.39, 0.29) is 20.2 Å². The van der Waals surface area contributed by atoms with Gasteiger partial charge in [-0.15, -0.1) is 0 Å². The fourth-order valence-electron chi connectivity index (χ4n) is 0.979. The summed E-state index contributed by atoms with van der Waals surface area (Å²) >= 11 is 8.95. The number of carbonyl (C=O) groups is 1. The Kier molecular flexibility index (Phi) is 2.93. The van der Waals surface area contributed by atoms with Gasteiger partial charge in [0.2, 0.25) is 0 Å². The van der Waals surface area contributed by atoms with E-state index in [1.807, 2.05) is 12.1 Å². The minimum absolute atomic E-state index is 0.235. The number of hydrogen-bond acceptors (Lipinski definition) is 2. The maximum atomic E-state index is 10.8. The third-order valence-corrected chi connectivity index (χ3v) is 4.69. The summed E-state index contributed by atoms with van der Waals surface area (Å²) in [6.07, 6.45) is 1.74. The standard InChI is InChI=1S/C8H4BrClN2OSe/c9-6-1-2-7(14-6)12-4-3-5(11-12)8(10)13/h1-4H. The molecule has 0 unspecified atom stereocenters. The molecule has 0 atom stereocenters. The van der Waals surface area contributed by atoms with Crippen LogP contribution in [0, 0.1) is 0 Å². The number of halogens is 2. The molecule has 0 aromatic carbocycles. The number of aromatic nitrogens is 2. The van der Waals surface area contributed by atoms with Crippen LogP contribution in [0.3, 0.4) is 0 Å². The summed E-state index contributed by atoms with van der Waals surface area (Å²) in [7, 11) is 0. The summed E-state index contributed by atoms with van der Waals surface area (Å²) in [6.45, 7) is 0. The molecule has 0 amide bonds. The van der Waals surface area contributed by atoms with Crippen molar-refractivity contribution in [2.45, 2.75) is 0 Å². The van der Waals surface area contributed by atoms with Gasteiger partial charge in [0.15, 0.2) is 0 Å². The second kappa shape index (κ2) is 4.03. The first-order valence-corrected chi connectivity index (χ1v) is 6.56. The van der Waals surface area contributed by atoms with Gasteiger partial charge in [-0.3, -0.25) is 0 Å². The van der Waals surface area contributed by atoms with Crippen LogP contribution in [0.2, 0.25) is 0 Å². The second-order valence-electron chi connectivity index (χ2n) is 2.50. The van der Waals surface area contributed by atoms with Gasteiger partial charge in [0, 0.05) is 0 Å². The van der Waals surface area contributed by atoms with Gasteiger partial charge in [-0.1, -0.05) is 0 Å². The van der Waals surface area contributed by atoms with Crippen LogP contribution in [0.4, 0.5) is 0 Å². The number of nitrogens with zero attached hydrogens (tertiary/aromatic N) is 2. The zero-order chi connectivity index (χ0) is 10.1. The van der Waals surface area contributed by atoms with Gasteiger partial charge >= 0.3 is 99.8 Å². The van der Waals surface area contributed by atoms with E-state index in [9.17, 15) is 4.79 Å². The Morgan fingerprint density at radius 1 is 1.50 bits per heavy atom. The van der Waals surface area contributed by atoms with E-state index in [0.717, 1.165) is 7.91 Å². The van der Waals surface area contributed by atoms with E-state index in [0.29, 0.717) is 0 Å². The molecule has 2 aromatic rings. The van der Waals surface area contributed by atoms with Gasteiger partial charge < -0.3 is 0 Å². The summed E-state index contributed by atoms with van der Waals surface area (Å²) in [6, 6.07) is 5.57.